The van der Waals surface area contributed by atoms with Crippen LogP contribution in [0.25, 0.3) is 21.9 Å². The molecule has 148 valence electrons. The summed E-state index contributed by atoms with van der Waals surface area (Å²) in [6.07, 6.45) is 1.60. The van der Waals surface area contributed by atoms with Crippen molar-refractivity contribution in [1.29, 1.82) is 0 Å². The number of aryl methyl sites for hydroxylation is 2. The first kappa shape index (κ1) is 19.7. The highest BCUT2D eigenvalue weighted by Crippen LogP contribution is 2.28. The van der Waals surface area contributed by atoms with Crippen LogP contribution in [0, 0.1) is 19.8 Å². The van der Waals surface area contributed by atoms with Gasteiger partial charge in [-0.25, -0.2) is 4.79 Å². The van der Waals surface area contributed by atoms with Crippen LogP contribution < -0.4 is 16.0 Å². The summed E-state index contributed by atoms with van der Waals surface area (Å²) in [4.78, 5) is 36.0. The van der Waals surface area contributed by atoms with Crippen molar-refractivity contribution in [2.45, 2.75) is 46.6 Å². The van der Waals surface area contributed by atoms with E-state index in [-0.39, 0.29) is 24.3 Å². The highest BCUT2D eigenvalue weighted by Gasteiger charge is 2.20. The van der Waals surface area contributed by atoms with Crippen molar-refractivity contribution < 1.29 is 23.5 Å². The van der Waals surface area contributed by atoms with Gasteiger partial charge in [-0.2, -0.15) is 0 Å². The monoisotopic (exact) mass is 384 g/mol. The van der Waals surface area contributed by atoms with Gasteiger partial charge in [-0.15, -0.1) is 0 Å². The number of carbonyl (C=O) groups is 2. The molecule has 0 fully saturated rings. The molecule has 0 saturated carbocycles. The van der Waals surface area contributed by atoms with Crippen molar-refractivity contribution in [3.63, 3.8) is 0 Å². The molecule has 0 aliphatic heterocycles. The number of carboxylic acid groups (broad SMARTS) is 1. The summed E-state index contributed by atoms with van der Waals surface area (Å²) in [6.45, 7) is 7.36. The number of furan rings is 1. The van der Waals surface area contributed by atoms with Crippen LogP contribution in [0.4, 0.5) is 0 Å². The van der Waals surface area contributed by atoms with Gasteiger partial charge < -0.3 is 24.1 Å². The Bertz CT molecular complexity index is 1120. The van der Waals surface area contributed by atoms with Gasteiger partial charge in [-0.05, 0) is 43.4 Å². The Labute approximate surface area is 161 Å². The minimum Gasteiger partial charge on any atom is -0.548 e. The third-order valence-corrected chi connectivity index (χ3v) is 4.84. The molecule has 28 heavy (non-hydrogen) atoms. The number of fused-ring (bicyclic) bond motifs is 2. The number of carbonyl (C=O) groups excluding carboxylic acids is 2. The quantitative estimate of drug-likeness (QED) is 0.650. The average Bonchev–Trinajstić information content (AvgIpc) is 2.96. The molecule has 7 nitrogen and oxygen atoms in total. The second-order valence-corrected chi connectivity index (χ2v) is 7.50. The lowest BCUT2D eigenvalue weighted by molar-refractivity contribution is -0.308. The maximum atomic E-state index is 12.4. The SMILES string of the molecule is Cc1coc2cc3oc(=O)c(CC(=O)N[C@@H](CC(C)C)C(=O)[O-])c(C)c3cc12. The molecule has 0 bridgehead atoms. The fraction of sp³-hybridized carbons (Fsp3) is 0.381. The van der Waals surface area contributed by atoms with Crippen LogP contribution in [0.3, 0.4) is 0 Å². The molecule has 1 atom stereocenters. The summed E-state index contributed by atoms with van der Waals surface area (Å²) in [7, 11) is 0. The van der Waals surface area contributed by atoms with Crippen molar-refractivity contribution in [2.75, 3.05) is 0 Å². The minimum absolute atomic E-state index is 0.0660. The lowest BCUT2D eigenvalue weighted by atomic mass is 10.0. The van der Waals surface area contributed by atoms with Gasteiger partial charge >= 0.3 is 5.63 Å². The van der Waals surface area contributed by atoms with Gasteiger partial charge in [-0.1, -0.05) is 13.8 Å². The molecule has 0 spiro atoms. The van der Waals surface area contributed by atoms with Crippen LogP contribution in [0.15, 0.2) is 32.0 Å². The number of rotatable bonds is 6. The number of hydrogen-bond donors (Lipinski definition) is 1. The number of amides is 1. The third-order valence-electron chi connectivity index (χ3n) is 4.84. The Kier molecular flexibility index (Phi) is 5.27. The van der Waals surface area contributed by atoms with Crippen molar-refractivity contribution in [3.05, 3.63) is 45.5 Å². The zero-order valence-corrected chi connectivity index (χ0v) is 16.3. The van der Waals surface area contributed by atoms with Crippen molar-refractivity contribution >= 4 is 33.8 Å². The van der Waals surface area contributed by atoms with Crippen molar-refractivity contribution in [1.82, 2.24) is 5.32 Å². The molecule has 3 aromatic rings. The van der Waals surface area contributed by atoms with Gasteiger partial charge in [0.2, 0.25) is 5.91 Å². The van der Waals surface area contributed by atoms with E-state index in [2.05, 4.69) is 5.32 Å². The smallest absolute Gasteiger partial charge is 0.340 e. The van der Waals surface area contributed by atoms with Crippen LogP contribution in [0.2, 0.25) is 0 Å². The van der Waals surface area contributed by atoms with E-state index in [0.29, 0.717) is 22.1 Å². The predicted molar refractivity (Wildman–Crippen MR) is 102 cm³/mol. The summed E-state index contributed by atoms with van der Waals surface area (Å²) < 4.78 is 10.8. The van der Waals surface area contributed by atoms with Crippen LogP contribution in [-0.4, -0.2) is 17.9 Å². The van der Waals surface area contributed by atoms with Crippen LogP contribution in [0.5, 0.6) is 0 Å². The normalized spacial score (nSPS) is 12.6. The highest BCUT2D eigenvalue weighted by atomic mass is 16.4. The van der Waals surface area contributed by atoms with E-state index >= 15 is 0 Å². The highest BCUT2D eigenvalue weighted by molar-refractivity contribution is 5.96. The lowest BCUT2D eigenvalue weighted by Crippen LogP contribution is -2.49. The summed E-state index contributed by atoms with van der Waals surface area (Å²) in [6, 6.07) is 2.42. The Morgan fingerprint density at radius 2 is 1.86 bits per heavy atom. The molecule has 2 heterocycles. The Hall–Kier alpha value is -3.09. The van der Waals surface area contributed by atoms with Gasteiger partial charge in [-0.3, -0.25) is 4.79 Å². The number of carboxylic acids is 1. The van der Waals surface area contributed by atoms with E-state index < -0.39 is 23.5 Å². The molecule has 1 N–H and O–H groups in total. The van der Waals surface area contributed by atoms with Crippen molar-refractivity contribution in [2.24, 2.45) is 5.92 Å². The Balaban J connectivity index is 1.95. The van der Waals surface area contributed by atoms with Gasteiger partial charge in [0.25, 0.3) is 0 Å². The van der Waals surface area contributed by atoms with E-state index in [1.165, 1.54) is 0 Å². The van der Waals surface area contributed by atoms with Gasteiger partial charge in [0.1, 0.15) is 11.2 Å². The zero-order chi connectivity index (χ0) is 20.6. The fourth-order valence-corrected chi connectivity index (χ4v) is 3.33. The maximum Gasteiger partial charge on any atom is 0.340 e. The first-order valence-electron chi connectivity index (χ1n) is 9.11. The predicted octanol–water partition coefficient (Wildman–Crippen LogP) is 1.98. The molecular formula is C21H22NO6-. The number of benzene rings is 1. The van der Waals surface area contributed by atoms with E-state index in [4.69, 9.17) is 8.83 Å². The Morgan fingerprint density at radius 1 is 1.14 bits per heavy atom. The molecule has 0 unspecified atom stereocenters. The van der Waals surface area contributed by atoms with Gasteiger partial charge in [0.15, 0.2) is 0 Å². The van der Waals surface area contributed by atoms with Crippen LogP contribution in [0.1, 0.15) is 37.0 Å². The summed E-state index contributed by atoms with van der Waals surface area (Å²) >= 11 is 0. The van der Waals surface area contributed by atoms with Crippen molar-refractivity contribution in [3.8, 4) is 0 Å². The second-order valence-electron chi connectivity index (χ2n) is 7.50. The minimum atomic E-state index is -1.35. The average molecular weight is 384 g/mol. The van der Waals surface area contributed by atoms with Gasteiger partial charge in [0, 0.05) is 16.8 Å². The molecule has 0 aliphatic carbocycles. The van der Waals surface area contributed by atoms with Gasteiger partial charge in [0.05, 0.1) is 30.3 Å². The molecule has 1 amide bonds. The molecule has 7 heteroatoms. The zero-order valence-electron chi connectivity index (χ0n) is 16.3. The molecule has 0 saturated heterocycles. The largest absolute Gasteiger partial charge is 0.548 e. The molecule has 0 radical (unpaired) electrons. The molecule has 0 aliphatic rings. The maximum absolute atomic E-state index is 12.4. The lowest BCUT2D eigenvalue weighted by Gasteiger charge is -2.21. The number of hydrogen-bond acceptors (Lipinski definition) is 6. The summed E-state index contributed by atoms with van der Waals surface area (Å²) in [5, 5.41) is 15.3. The Morgan fingerprint density at radius 3 is 2.50 bits per heavy atom. The van der Waals surface area contributed by atoms with E-state index in [9.17, 15) is 19.5 Å². The number of aliphatic carboxylic acids is 1. The molecule has 1 aromatic carbocycles. The summed E-state index contributed by atoms with van der Waals surface area (Å²) in [5.41, 5.74) is 2.14. The molecule has 2 aromatic heterocycles. The molecular weight excluding hydrogens is 362 g/mol. The first-order valence-corrected chi connectivity index (χ1v) is 9.11. The molecule has 3 rings (SSSR count). The van der Waals surface area contributed by atoms with E-state index in [1.807, 2.05) is 26.8 Å². The number of nitrogens with one attached hydrogen (secondary N) is 1. The van der Waals surface area contributed by atoms with E-state index in [0.717, 1.165) is 10.9 Å². The third kappa shape index (κ3) is 3.78. The van der Waals surface area contributed by atoms with Crippen LogP contribution >= 0.6 is 0 Å². The second kappa shape index (κ2) is 7.50. The fourth-order valence-electron chi connectivity index (χ4n) is 3.33. The topological polar surface area (TPSA) is 113 Å². The van der Waals surface area contributed by atoms with E-state index in [1.54, 1.807) is 19.3 Å². The van der Waals surface area contributed by atoms with Crippen LogP contribution in [-0.2, 0) is 16.0 Å². The summed E-state index contributed by atoms with van der Waals surface area (Å²) in [5.74, 6) is -1.84. The first-order chi connectivity index (χ1) is 13.2. The standard InChI is InChI=1S/C21H23NO6/c1-10(2)5-16(20(24)25)22-19(23)7-15-12(4)14-6-13-11(3)9-27-17(13)8-18(14)28-21(15)26/h6,8-10,16H,5,7H2,1-4H3,(H,22,23)(H,24,25)/p-1/t16-/m0/s1.